The van der Waals surface area contributed by atoms with E-state index in [1.54, 1.807) is 19.2 Å². The number of H-pyrrole nitrogens is 1. The summed E-state index contributed by atoms with van der Waals surface area (Å²) in [4.78, 5) is 23.0. The van der Waals surface area contributed by atoms with Crippen LogP contribution in [0.3, 0.4) is 0 Å². The Kier molecular flexibility index (Phi) is 5.89. The van der Waals surface area contributed by atoms with Crippen molar-refractivity contribution in [1.29, 1.82) is 0 Å². The quantitative estimate of drug-likeness (QED) is 0.450. The van der Waals surface area contributed by atoms with Crippen LogP contribution in [0.15, 0.2) is 35.1 Å². The average Bonchev–Trinajstić information content (AvgIpc) is 2.97. The molecule has 1 aromatic carbocycles. The zero-order valence-electron chi connectivity index (χ0n) is 14.8. The van der Waals surface area contributed by atoms with Crippen LogP contribution in [-0.4, -0.2) is 57.7 Å². The molecule has 3 aromatic rings. The summed E-state index contributed by atoms with van der Waals surface area (Å²) in [5.74, 6) is 0.710. The minimum absolute atomic E-state index is 0.0148. The van der Waals surface area contributed by atoms with Crippen LogP contribution in [-0.2, 0) is 11.3 Å². The molecule has 4 N–H and O–H groups in total. The minimum atomic E-state index is -0.934. The van der Waals surface area contributed by atoms with Crippen LogP contribution >= 0.6 is 0 Å². The first-order valence-electron chi connectivity index (χ1n) is 8.32. The summed E-state index contributed by atoms with van der Waals surface area (Å²) in [7, 11) is 1.55. The van der Waals surface area contributed by atoms with E-state index in [2.05, 4.69) is 15.0 Å². The molecule has 0 bridgehead atoms. The second-order valence-corrected chi connectivity index (χ2v) is 5.75. The number of benzene rings is 1. The van der Waals surface area contributed by atoms with Gasteiger partial charge in [0.25, 0.3) is 0 Å². The number of fused-ring (bicyclic) bond motifs is 1. The lowest BCUT2D eigenvalue weighted by atomic mass is 10.3. The van der Waals surface area contributed by atoms with Gasteiger partial charge in [0.2, 0.25) is 0 Å². The molecule has 3 rings (SSSR count). The highest BCUT2D eigenvalue weighted by molar-refractivity contribution is 5.81. The molecule has 0 spiro atoms. The number of aliphatic hydroxyl groups is 1. The van der Waals surface area contributed by atoms with Crippen molar-refractivity contribution in [2.45, 2.75) is 12.6 Å². The van der Waals surface area contributed by atoms with Crippen molar-refractivity contribution in [2.24, 2.45) is 0 Å². The summed E-state index contributed by atoms with van der Waals surface area (Å²) < 4.78 is 17.1. The second kappa shape index (κ2) is 8.52. The van der Waals surface area contributed by atoms with E-state index in [0.717, 1.165) is 0 Å². The van der Waals surface area contributed by atoms with E-state index in [1.165, 1.54) is 4.57 Å². The number of rotatable bonds is 9. The zero-order chi connectivity index (χ0) is 19.2. The number of hydrogen-bond donors (Lipinski definition) is 3. The lowest BCUT2D eigenvalue weighted by Gasteiger charge is -2.13. The van der Waals surface area contributed by atoms with Crippen molar-refractivity contribution in [3.8, 4) is 11.8 Å². The Labute approximate surface area is 154 Å². The van der Waals surface area contributed by atoms with Gasteiger partial charge in [-0.05, 0) is 12.1 Å². The number of para-hydroxylation sites is 1. The highest BCUT2D eigenvalue weighted by atomic mass is 16.5. The minimum Gasteiger partial charge on any atom is -0.491 e. The standard InChI is InChI=1S/C17H21N5O5/c1-25-7-8-26-16-20-14(18)13-15(21-16)22(17(24)19-13)9-11(23)10-27-12-5-3-2-4-6-12/h2-6,11,23H,7-10H2,1H3,(H,19,24)(H2,18,20,21)/t11-/m0/s1. The molecule has 0 aliphatic carbocycles. The molecule has 144 valence electrons. The van der Waals surface area contributed by atoms with E-state index >= 15 is 0 Å². The number of anilines is 1. The molecule has 0 aliphatic heterocycles. The van der Waals surface area contributed by atoms with Crippen LogP contribution in [0.5, 0.6) is 11.8 Å². The van der Waals surface area contributed by atoms with Gasteiger partial charge in [0, 0.05) is 7.11 Å². The maximum absolute atomic E-state index is 12.2. The fourth-order valence-corrected chi connectivity index (χ4v) is 2.45. The fraction of sp³-hybridized carbons (Fsp3) is 0.353. The first-order chi connectivity index (χ1) is 13.1. The molecule has 0 saturated heterocycles. The molecule has 0 unspecified atom stereocenters. The summed E-state index contributed by atoms with van der Waals surface area (Å²) in [6.45, 7) is 0.584. The largest absolute Gasteiger partial charge is 0.491 e. The van der Waals surface area contributed by atoms with Gasteiger partial charge in [-0.1, -0.05) is 18.2 Å². The Hall–Kier alpha value is -3.11. The van der Waals surface area contributed by atoms with Gasteiger partial charge in [-0.3, -0.25) is 4.57 Å². The van der Waals surface area contributed by atoms with Crippen molar-refractivity contribution in [1.82, 2.24) is 19.5 Å². The van der Waals surface area contributed by atoms with Gasteiger partial charge in [-0.25, -0.2) is 4.79 Å². The second-order valence-electron chi connectivity index (χ2n) is 5.75. The maximum atomic E-state index is 12.2. The Morgan fingerprint density at radius 1 is 1.22 bits per heavy atom. The van der Waals surface area contributed by atoms with Crippen molar-refractivity contribution in [2.75, 3.05) is 32.7 Å². The van der Waals surface area contributed by atoms with Crippen LogP contribution in [0.25, 0.3) is 11.2 Å². The molecule has 10 nitrogen and oxygen atoms in total. The zero-order valence-corrected chi connectivity index (χ0v) is 14.8. The van der Waals surface area contributed by atoms with E-state index in [-0.39, 0.29) is 42.8 Å². The number of nitrogens with one attached hydrogen (secondary N) is 1. The average molecular weight is 375 g/mol. The predicted molar refractivity (Wildman–Crippen MR) is 97.9 cm³/mol. The summed E-state index contributed by atoms with van der Waals surface area (Å²) in [5, 5.41) is 10.3. The van der Waals surface area contributed by atoms with Gasteiger partial charge >= 0.3 is 11.7 Å². The van der Waals surface area contributed by atoms with Gasteiger partial charge in [0.15, 0.2) is 11.5 Å². The lowest BCUT2D eigenvalue weighted by Crippen LogP contribution is -2.29. The number of nitrogens with zero attached hydrogens (tertiary/aromatic N) is 3. The van der Waals surface area contributed by atoms with E-state index in [1.807, 2.05) is 18.2 Å². The highest BCUT2D eigenvalue weighted by Gasteiger charge is 2.17. The van der Waals surface area contributed by atoms with Crippen molar-refractivity contribution in [3.63, 3.8) is 0 Å². The first-order valence-corrected chi connectivity index (χ1v) is 8.32. The molecule has 1 atom stereocenters. The van der Waals surface area contributed by atoms with Crippen LogP contribution in [0.4, 0.5) is 5.82 Å². The third-order valence-corrected chi connectivity index (χ3v) is 3.73. The molecule has 0 fully saturated rings. The third kappa shape index (κ3) is 4.54. The first kappa shape index (κ1) is 18.7. The van der Waals surface area contributed by atoms with Crippen LogP contribution < -0.4 is 20.9 Å². The van der Waals surface area contributed by atoms with Gasteiger partial charge in [-0.15, -0.1) is 0 Å². The molecule has 0 aliphatic rings. The van der Waals surface area contributed by atoms with Gasteiger partial charge in [-0.2, -0.15) is 9.97 Å². The smallest absolute Gasteiger partial charge is 0.327 e. The van der Waals surface area contributed by atoms with E-state index in [0.29, 0.717) is 12.4 Å². The van der Waals surface area contributed by atoms with Gasteiger partial charge in [0.1, 0.15) is 30.6 Å². The molecular weight excluding hydrogens is 354 g/mol. The molecule has 0 saturated carbocycles. The van der Waals surface area contributed by atoms with E-state index < -0.39 is 11.8 Å². The maximum Gasteiger partial charge on any atom is 0.327 e. The monoisotopic (exact) mass is 375 g/mol. The Bertz CT molecular complexity index is 940. The lowest BCUT2D eigenvalue weighted by molar-refractivity contribution is 0.0925. The predicted octanol–water partition coefficient (Wildman–Crippen LogP) is 0.167. The number of methoxy groups -OCH3 is 1. The van der Waals surface area contributed by atoms with E-state index in [9.17, 15) is 9.90 Å². The number of aliphatic hydroxyl groups excluding tert-OH is 1. The summed E-state index contributed by atoms with van der Waals surface area (Å²) in [6.07, 6.45) is -0.934. The van der Waals surface area contributed by atoms with E-state index in [4.69, 9.17) is 19.9 Å². The van der Waals surface area contributed by atoms with Crippen LogP contribution in [0, 0.1) is 0 Å². The van der Waals surface area contributed by atoms with Gasteiger partial charge < -0.3 is 30.0 Å². The molecule has 2 heterocycles. The topological polar surface area (TPSA) is 138 Å². The SMILES string of the molecule is COCCOc1nc(N)c2[nH]c(=O)n(C[C@H](O)COc3ccccc3)c2n1. The summed E-state index contributed by atoms with van der Waals surface area (Å²) in [5.41, 5.74) is 5.95. The molecule has 2 aromatic heterocycles. The number of hydrogen-bond acceptors (Lipinski definition) is 8. The summed E-state index contributed by atoms with van der Waals surface area (Å²) in [6, 6.07) is 9.11. The van der Waals surface area contributed by atoms with Crippen LogP contribution in [0.2, 0.25) is 0 Å². The number of nitrogens with two attached hydrogens (primary N) is 1. The molecular formula is C17H21N5O5. The number of aromatic amines is 1. The third-order valence-electron chi connectivity index (χ3n) is 3.73. The van der Waals surface area contributed by atoms with Crippen molar-refractivity contribution in [3.05, 3.63) is 40.8 Å². The van der Waals surface area contributed by atoms with Crippen molar-refractivity contribution >= 4 is 17.0 Å². The summed E-state index contributed by atoms with van der Waals surface area (Å²) >= 11 is 0. The Balaban J connectivity index is 1.76. The molecule has 27 heavy (non-hydrogen) atoms. The Morgan fingerprint density at radius 2 is 2.00 bits per heavy atom. The van der Waals surface area contributed by atoms with Gasteiger partial charge in [0.05, 0.1) is 13.2 Å². The molecule has 10 heteroatoms. The highest BCUT2D eigenvalue weighted by Crippen LogP contribution is 2.18. The number of nitrogen functional groups attached to an aromatic ring is 1. The normalized spacial score (nSPS) is 12.2. The molecule has 0 radical (unpaired) electrons. The van der Waals surface area contributed by atoms with Crippen LogP contribution in [0.1, 0.15) is 0 Å². The fourth-order valence-electron chi connectivity index (χ4n) is 2.45. The molecule has 0 amide bonds. The number of imidazole rings is 1. The number of ether oxygens (including phenoxy) is 3. The Morgan fingerprint density at radius 3 is 2.74 bits per heavy atom. The number of aromatic nitrogens is 4. The van der Waals surface area contributed by atoms with Crippen molar-refractivity contribution < 1.29 is 19.3 Å².